The minimum atomic E-state index is 0.0251. The first-order valence-corrected chi connectivity index (χ1v) is 4.28. The molecule has 2 heteroatoms. The van der Waals surface area contributed by atoms with Gasteiger partial charge in [-0.2, -0.15) is 0 Å². The lowest BCUT2D eigenvalue weighted by molar-refractivity contribution is 0.343. The smallest absolute Gasteiger partial charge is 0.118 e. The zero-order valence-electron chi connectivity index (χ0n) is 8.03. The summed E-state index contributed by atoms with van der Waals surface area (Å²) < 4.78 is 5.02. The summed E-state index contributed by atoms with van der Waals surface area (Å²) in [5.74, 6) is 6.56. The Bertz CT molecular complexity index is 352. The highest BCUT2D eigenvalue weighted by Gasteiger charge is 1.88. The molecule has 0 unspecified atom stereocenters. The Hall–Kier alpha value is -1.72. The number of aliphatic hydroxyl groups excluding tert-OH is 1. The van der Waals surface area contributed by atoms with Crippen molar-refractivity contribution in [1.82, 2.24) is 0 Å². The molecule has 0 aliphatic carbocycles. The molecule has 1 N–H and O–H groups in total. The van der Waals surface area contributed by atoms with Crippen LogP contribution in [0.15, 0.2) is 36.4 Å². The van der Waals surface area contributed by atoms with Crippen molar-refractivity contribution in [2.24, 2.45) is 0 Å². The maximum Gasteiger partial charge on any atom is 0.118 e. The highest BCUT2D eigenvalue weighted by atomic mass is 16.5. The average Bonchev–Trinajstić information content (AvgIpc) is 2.25. The molecule has 1 rings (SSSR count). The Morgan fingerprint density at radius 2 is 2.07 bits per heavy atom. The molecule has 2 nitrogen and oxygen atoms in total. The van der Waals surface area contributed by atoms with Gasteiger partial charge in [-0.15, -0.1) is 0 Å². The average molecular weight is 188 g/mol. The van der Waals surface area contributed by atoms with Crippen molar-refractivity contribution >= 4 is 0 Å². The van der Waals surface area contributed by atoms with Gasteiger partial charge < -0.3 is 9.84 Å². The molecule has 0 bridgehead atoms. The quantitative estimate of drug-likeness (QED) is 0.714. The fraction of sp³-hybridized carbons (Fsp3) is 0.167. The van der Waals surface area contributed by atoms with E-state index in [0.717, 1.165) is 11.3 Å². The summed E-state index contributed by atoms with van der Waals surface area (Å²) in [6.07, 6.45) is 3.22. The summed E-state index contributed by atoms with van der Waals surface area (Å²) in [6.45, 7) is 0.0251. The molecular formula is C12H12O2. The van der Waals surface area contributed by atoms with Crippen LogP contribution in [0.25, 0.3) is 0 Å². The number of hydrogen-bond acceptors (Lipinski definition) is 2. The summed E-state index contributed by atoms with van der Waals surface area (Å²) in [5.41, 5.74) is 0.924. The zero-order chi connectivity index (χ0) is 10.2. The Labute approximate surface area is 83.8 Å². The highest BCUT2D eigenvalue weighted by molar-refractivity contribution is 5.39. The maximum absolute atomic E-state index is 8.46. The first kappa shape index (κ1) is 10.4. The number of benzene rings is 1. The van der Waals surface area contributed by atoms with E-state index in [1.54, 1.807) is 19.3 Å². The van der Waals surface area contributed by atoms with Crippen LogP contribution >= 0.6 is 0 Å². The van der Waals surface area contributed by atoms with Crippen molar-refractivity contribution in [1.29, 1.82) is 0 Å². The largest absolute Gasteiger partial charge is 0.497 e. The van der Waals surface area contributed by atoms with Gasteiger partial charge in [0.1, 0.15) is 5.75 Å². The minimum absolute atomic E-state index is 0.0251. The molecule has 0 fully saturated rings. The zero-order valence-corrected chi connectivity index (χ0v) is 8.03. The van der Waals surface area contributed by atoms with Crippen molar-refractivity contribution in [3.8, 4) is 17.6 Å². The van der Waals surface area contributed by atoms with Gasteiger partial charge in [0, 0.05) is 5.56 Å². The summed E-state index contributed by atoms with van der Waals surface area (Å²) in [6, 6.07) is 7.50. The molecule has 0 atom stereocenters. The van der Waals surface area contributed by atoms with Crippen molar-refractivity contribution in [3.63, 3.8) is 0 Å². The molecule has 72 valence electrons. The van der Waals surface area contributed by atoms with Crippen LogP contribution in [0.5, 0.6) is 5.75 Å². The minimum Gasteiger partial charge on any atom is -0.497 e. The lowest BCUT2D eigenvalue weighted by atomic mass is 10.2. The predicted octanol–water partition coefficient (Wildman–Crippen LogP) is 1.60. The van der Waals surface area contributed by atoms with E-state index in [-0.39, 0.29) is 6.61 Å². The number of ether oxygens (including phenoxy) is 1. The molecule has 0 heterocycles. The van der Waals surface area contributed by atoms with Crippen LogP contribution < -0.4 is 4.74 Å². The number of hydrogen-bond donors (Lipinski definition) is 1. The molecule has 14 heavy (non-hydrogen) atoms. The monoisotopic (exact) mass is 188 g/mol. The van der Waals surface area contributed by atoms with Gasteiger partial charge in [0.25, 0.3) is 0 Å². The summed E-state index contributed by atoms with van der Waals surface area (Å²) in [5, 5.41) is 8.46. The second-order valence-corrected chi connectivity index (χ2v) is 2.58. The lowest BCUT2D eigenvalue weighted by Gasteiger charge is -1.97. The third-order valence-electron chi connectivity index (χ3n) is 1.61. The van der Waals surface area contributed by atoms with Gasteiger partial charge in [-0.25, -0.2) is 0 Å². The molecule has 0 saturated carbocycles. The second-order valence-electron chi connectivity index (χ2n) is 2.58. The maximum atomic E-state index is 8.46. The molecule has 0 saturated heterocycles. The van der Waals surface area contributed by atoms with Crippen LogP contribution in [0.3, 0.4) is 0 Å². The van der Waals surface area contributed by atoms with Crippen molar-refractivity contribution in [3.05, 3.63) is 42.0 Å². The van der Waals surface area contributed by atoms with E-state index in [1.807, 2.05) is 24.3 Å². The Kier molecular flexibility index (Phi) is 4.33. The van der Waals surface area contributed by atoms with Gasteiger partial charge >= 0.3 is 0 Å². The van der Waals surface area contributed by atoms with Gasteiger partial charge in [0.05, 0.1) is 13.7 Å². The molecular weight excluding hydrogens is 176 g/mol. The Balaban J connectivity index is 2.66. The van der Waals surface area contributed by atoms with Crippen LogP contribution in [0.2, 0.25) is 0 Å². The predicted molar refractivity (Wildman–Crippen MR) is 56.1 cm³/mol. The van der Waals surface area contributed by atoms with Crippen molar-refractivity contribution in [2.45, 2.75) is 0 Å². The SMILES string of the molecule is COc1ccc(C#C/C=C/CO)cc1. The van der Waals surface area contributed by atoms with Crippen molar-refractivity contribution in [2.75, 3.05) is 13.7 Å². The lowest BCUT2D eigenvalue weighted by Crippen LogP contribution is -1.81. The molecule has 0 aliphatic heterocycles. The summed E-state index contributed by atoms with van der Waals surface area (Å²) in [4.78, 5) is 0. The second kappa shape index (κ2) is 5.85. The molecule has 0 aliphatic rings. The van der Waals surface area contributed by atoms with Gasteiger partial charge in [-0.05, 0) is 30.3 Å². The summed E-state index contributed by atoms with van der Waals surface area (Å²) in [7, 11) is 1.63. The van der Waals surface area contributed by atoms with E-state index in [1.165, 1.54) is 0 Å². The van der Waals surface area contributed by atoms with Gasteiger partial charge in [0.15, 0.2) is 0 Å². The fourth-order valence-corrected chi connectivity index (χ4v) is 0.911. The van der Waals surface area contributed by atoms with Crippen LogP contribution in [-0.4, -0.2) is 18.8 Å². The molecule has 0 aromatic heterocycles. The number of allylic oxidation sites excluding steroid dienone is 1. The van der Waals surface area contributed by atoms with Gasteiger partial charge in [0.2, 0.25) is 0 Å². The van der Waals surface area contributed by atoms with E-state index in [2.05, 4.69) is 11.8 Å². The van der Waals surface area contributed by atoms with Gasteiger partial charge in [-0.1, -0.05) is 17.9 Å². The first-order valence-electron chi connectivity index (χ1n) is 4.28. The third kappa shape index (κ3) is 3.34. The number of methoxy groups -OCH3 is 1. The number of aliphatic hydroxyl groups is 1. The Morgan fingerprint density at radius 3 is 2.64 bits per heavy atom. The molecule has 0 spiro atoms. The van der Waals surface area contributed by atoms with Crippen molar-refractivity contribution < 1.29 is 9.84 Å². The molecule has 1 aromatic rings. The fourth-order valence-electron chi connectivity index (χ4n) is 0.911. The highest BCUT2D eigenvalue weighted by Crippen LogP contribution is 2.09. The molecule has 0 radical (unpaired) electrons. The third-order valence-corrected chi connectivity index (χ3v) is 1.61. The van der Waals surface area contributed by atoms with E-state index in [0.29, 0.717) is 0 Å². The van der Waals surface area contributed by atoms with Gasteiger partial charge in [-0.3, -0.25) is 0 Å². The topological polar surface area (TPSA) is 29.5 Å². The standard InChI is InChI=1S/C12H12O2/c1-14-12-8-6-11(7-9-12)5-3-2-4-10-13/h2,4,6-9,13H,10H2,1H3/b4-2+. The normalized spacial score (nSPS) is 9.57. The van der Waals surface area contributed by atoms with Crippen LogP contribution in [0.1, 0.15) is 5.56 Å². The first-order chi connectivity index (χ1) is 6.86. The van der Waals surface area contributed by atoms with E-state index < -0.39 is 0 Å². The number of rotatable bonds is 2. The van der Waals surface area contributed by atoms with Crippen LogP contribution in [0.4, 0.5) is 0 Å². The van der Waals surface area contributed by atoms with E-state index >= 15 is 0 Å². The Morgan fingerprint density at radius 1 is 1.36 bits per heavy atom. The molecule has 1 aromatic carbocycles. The van der Waals surface area contributed by atoms with E-state index in [4.69, 9.17) is 9.84 Å². The van der Waals surface area contributed by atoms with Crippen LogP contribution in [-0.2, 0) is 0 Å². The molecule has 0 amide bonds. The summed E-state index contributed by atoms with van der Waals surface area (Å²) >= 11 is 0. The van der Waals surface area contributed by atoms with Crippen LogP contribution in [0, 0.1) is 11.8 Å². The van der Waals surface area contributed by atoms with E-state index in [9.17, 15) is 0 Å².